The van der Waals surface area contributed by atoms with Crippen LogP contribution in [-0.2, 0) is 0 Å². The van der Waals surface area contributed by atoms with E-state index in [1.54, 1.807) is 60.7 Å². The number of para-hydroxylation sites is 3. The van der Waals surface area contributed by atoms with E-state index in [1.807, 2.05) is 12.1 Å². The number of hydrogen-bond acceptors (Lipinski definition) is 5. The van der Waals surface area contributed by atoms with Crippen molar-refractivity contribution >= 4 is 17.8 Å². The van der Waals surface area contributed by atoms with Crippen molar-refractivity contribution < 1.29 is 15.0 Å². The van der Waals surface area contributed by atoms with Gasteiger partial charge < -0.3 is 15.5 Å². The Labute approximate surface area is 156 Å². The molecule has 1 aliphatic rings. The van der Waals surface area contributed by atoms with Crippen LogP contribution in [0.1, 0.15) is 27.7 Å². The van der Waals surface area contributed by atoms with Gasteiger partial charge in [0.1, 0.15) is 11.5 Å². The number of carbonyl (C=O) groups is 1. The molecule has 1 heterocycles. The summed E-state index contributed by atoms with van der Waals surface area (Å²) in [5.74, 6) is -0.174. The standard InChI is InChI=1S/C21H17N3O3/c25-18-11-5-1-7-14(18)13-22-24-20(16-9-3-6-12-19(16)26)23-17-10-4-2-8-15(17)21(24)27/h1-13,20,23,25-26H/b22-13-/t20-/m1/s1. The van der Waals surface area contributed by atoms with Gasteiger partial charge in [-0.05, 0) is 30.3 Å². The second-order valence-electron chi connectivity index (χ2n) is 6.10. The average molecular weight is 359 g/mol. The Morgan fingerprint density at radius 1 is 0.889 bits per heavy atom. The number of anilines is 1. The number of benzene rings is 3. The van der Waals surface area contributed by atoms with Crippen LogP contribution >= 0.6 is 0 Å². The highest BCUT2D eigenvalue weighted by molar-refractivity contribution is 6.02. The molecule has 0 saturated carbocycles. The van der Waals surface area contributed by atoms with Crippen LogP contribution in [0, 0.1) is 0 Å². The molecule has 3 aromatic rings. The molecule has 3 aromatic carbocycles. The van der Waals surface area contributed by atoms with E-state index in [1.165, 1.54) is 11.2 Å². The van der Waals surface area contributed by atoms with Crippen LogP contribution < -0.4 is 5.32 Å². The molecule has 0 aromatic heterocycles. The van der Waals surface area contributed by atoms with E-state index in [2.05, 4.69) is 10.4 Å². The number of nitrogens with zero attached hydrogens (tertiary/aromatic N) is 2. The van der Waals surface area contributed by atoms with Crippen molar-refractivity contribution in [2.75, 3.05) is 5.32 Å². The lowest BCUT2D eigenvalue weighted by Crippen LogP contribution is -2.39. The minimum absolute atomic E-state index is 0.0601. The van der Waals surface area contributed by atoms with Crippen LogP contribution in [0.5, 0.6) is 11.5 Å². The molecular weight excluding hydrogens is 342 g/mol. The van der Waals surface area contributed by atoms with Crippen molar-refractivity contribution in [3.63, 3.8) is 0 Å². The molecule has 0 radical (unpaired) electrons. The lowest BCUT2D eigenvalue weighted by molar-refractivity contribution is 0.0689. The van der Waals surface area contributed by atoms with Gasteiger partial charge in [-0.1, -0.05) is 42.5 Å². The molecule has 0 bridgehead atoms. The fourth-order valence-electron chi connectivity index (χ4n) is 3.01. The predicted octanol–water partition coefficient (Wildman–Crippen LogP) is 3.70. The summed E-state index contributed by atoms with van der Waals surface area (Å²) in [5.41, 5.74) is 2.17. The van der Waals surface area contributed by atoms with Gasteiger partial charge in [-0.2, -0.15) is 5.10 Å². The van der Waals surface area contributed by atoms with Crippen LogP contribution in [0.2, 0.25) is 0 Å². The van der Waals surface area contributed by atoms with Gasteiger partial charge in [-0.25, -0.2) is 5.01 Å². The Morgan fingerprint density at radius 3 is 2.33 bits per heavy atom. The molecular formula is C21H17N3O3. The molecule has 134 valence electrons. The molecule has 0 aliphatic carbocycles. The van der Waals surface area contributed by atoms with Gasteiger partial charge in [-0.15, -0.1) is 0 Å². The molecule has 0 spiro atoms. The van der Waals surface area contributed by atoms with Crippen LogP contribution in [-0.4, -0.2) is 27.3 Å². The third-order valence-corrected chi connectivity index (χ3v) is 4.39. The van der Waals surface area contributed by atoms with E-state index in [0.717, 1.165) is 0 Å². The molecule has 0 unspecified atom stereocenters. The number of carbonyl (C=O) groups excluding carboxylic acids is 1. The van der Waals surface area contributed by atoms with E-state index < -0.39 is 6.17 Å². The first-order chi connectivity index (χ1) is 13.1. The highest BCUT2D eigenvalue weighted by atomic mass is 16.3. The molecule has 0 fully saturated rings. The van der Waals surface area contributed by atoms with Crippen molar-refractivity contribution in [1.29, 1.82) is 0 Å². The van der Waals surface area contributed by atoms with E-state index in [9.17, 15) is 15.0 Å². The third kappa shape index (κ3) is 3.08. The number of hydrogen-bond donors (Lipinski definition) is 3. The molecule has 27 heavy (non-hydrogen) atoms. The highest BCUT2D eigenvalue weighted by Gasteiger charge is 2.34. The Hall–Kier alpha value is -3.80. The second kappa shape index (κ2) is 6.84. The minimum atomic E-state index is -0.685. The SMILES string of the molecule is O=C1c2ccccc2N[C@@H](c2ccccc2O)N1/N=C\c1ccccc1O. The first-order valence-electron chi connectivity index (χ1n) is 8.44. The Balaban J connectivity index is 1.79. The number of phenolic OH excluding ortho intramolecular Hbond substituents is 2. The van der Waals surface area contributed by atoms with Gasteiger partial charge >= 0.3 is 0 Å². The largest absolute Gasteiger partial charge is 0.508 e. The van der Waals surface area contributed by atoms with Crippen LogP contribution in [0.3, 0.4) is 0 Å². The zero-order chi connectivity index (χ0) is 18.8. The molecule has 3 N–H and O–H groups in total. The van der Waals surface area contributed by atoms with Crippen molar-refractivity contribution in [3.8, 4) is 11.5 Å². The van der Waals surface area contributed by atoms with E-state index in [-0.39, 0.29) is 17.4 Å². The normalized spacial score (nSPS) is 16.2. The molecule has 4 rings (SSSR count). The van der Waals surface area contributed by atoms with Crippen molar-refractivity contribution in [1.82, 2.24) is 5.01 Å². The number of fused-ring (bicyclic) bond motifs is 1. The molecule has 0 saturated heterocycles. The highest BCUT2D eigenvalue weighted by Crippen LogP contribution is 2.36. The number of rotatable bonds is 3. The number of hydrazone groups is 1. The van der Waals surface area contributed by atoms with Crippen LogP contribution in [0.4, 0.5) is 5.69 Å². The lowest BCUT2D eigenvalue weighted by atomic mass is 10.0. The fourth-order valence-corrected chi connectivity index (χ4v) is 3.01. The van der Waals surface area contributed by atoms with Gasteiger partial charge in [0.2, 0.25) is 0 Å². The molecule has 1 amide bonds. The fraction of sp³-hybridized carbons (Fsp3) is 0.0476. The number of nitrogens with one attached hydrogen (secondary N) is 1. The van der Waals surface area contributed by atoms with Crippen molar-refractivity contribution in [2.24, 2.45) is 5.10 Å². The van der Waals surface area contributed by atoms with Gasteiger partial charge in [0.25, 0.3) is 5.91 Å². The molecule has 6 heteroatoms. The summed E-state index contributed by atoms with van der Waals surface area (Å²) in [6.07, 6.45) is 0.742. The van der Waals surface area contributed by atoms with Gasteiger partial charge in [0, 0.05) is 16.8 Å². The molecule has 6 nitrogen and oxygen atoms in total. The number of phenols is 2. The lowest BCUT2D eigenvalue weighted by Gasteiger charge is -2.34. The minimum Gasteiger partial charge on any atom is -0.508 e. The monoisotopic (exact) mass is 359 g/mol. The van der Waals surface area contributed by atoms with E-state index in [0.29, 0.717) is 22.4 Å². The maximum Gasteiger partial charge on any atom is 0.278 e. The maximum atomic E-state index is 13.0. The Bertz CT molecular complexity index is 1030. The van der Waals surface area contributed by atoms with Crippen molar-refractivity contribution in [3.05, 3.63) is 89.5 Å². The van der Waals surface area contributed by atoms with Crippen LogP contribution in [0.15, 0.2) is 77.9 Å². The maximum absolute atomic E-state index is 13.0. The zero-order valence-corrected chi connectivity index (χ0v) is 14.3. The van der Waals surface area contributed by atoms with Crippen LogP contribution in [0.25, 0.3) is 0 Å². The quantitative estimate of drug-likeness (QED) is 0.623. The van der Waals surface area contributed by atoms with Gasteiger partial charge in [-0.3, -0.25) is 4.79 Å². The van der Waals surface area contributed by atoms with Crippen molar-refractivity contribution in [2.45, 2.75) is 6.17 Å². The number of amides is 1. The molecule has 1 aliphatic heterocycles. The second-order valence-corrected chi connectivity index (χ2v) is 6.10. The summed E-state index contributed by atoms with van der Waals surface area (Å²) in [7, 11) is 0. The summed E-state index contributed by atoms with van der Waals surface area (Å²) in [6, 6.07) is 20.7. The summed E-state index contributed by atoms with van der Waals surface area (Å²) in [6.45, 7) is 0. The average Bonchev–Trinajstić information content (AvgIpc) is 2.69. The smallest absolute Gasteiger partial charge is 0.278 e. The first-order valence-corrected chi connectivity index (χ1v) is 8.44. The van der Waals surface area contributed by atoms with E-state index >= 15 is 0 Å². The Kier molecular flexibility index (Phi) is 4.22. The topological polar surface area (TPSA) is 85.2 Å². The zero-order valence-electron chi connectivity index (χ0n) is 14.3. The number of aromatic hydroxyl groups is 2. The first kappa shape index (κ1) is 16.7. The van der Waals surface area contributed by atoms with E-state index in [4.69, 9.17) is 0 Å². The third-order valence-electron chi connectivity index (χ3n) is 4.39. The van der Waals surface area contributed by atoms with Gasteiger partial charge in [0.05, 0.1) is 11.8 Å². The predicted molar refractivity (Wildman–Crippen MR) is 103 cm³/mol. The van der Waals surface area contributed by atoms with Gasteiger partial charge in [0.15, 0.2) is 6.17 Å². The Morgan fingerprint density at radius 2 is 1.56 bits per heavy atom. The summed E-state index contributed by atoms with van der Waals surface area (Å²) in [4.78, 5) is 13.0. The molecule has 1 atom stereocenters. The summed E-state index contributed by atoms with van der Waals surface area (Å²) < 4.78 is 0. The summed E-state index contributed by atoms with van der Waals surface area (Å²) in [5, 5.41) is 29.1. The summed E-state index contributed by atoms with van der Waals surface area (Å²) >= 11 is 0.